The van der Waals surface area contributed by atoms with E-state index in [0.717, 1.165) is 0 Å². The molecule has 28 heteroatoms. The molecule has 4 rings (SSSR count). The van der Waals surface area contributed by atoms with Crippen molar-refractivity contribution < 1.29 is 53.1 Å². The summed E-state index contributed by atoms with van der Waals surface area (Å²) in [4.78, 5) is 150. The van der Waals surface area contributed by atoms with Gasteiger partial charge in [0.25, 0.3) is 0 Å². The number of carbonyl (C=O) groups is 10. The highest BCUT2D eigenvalue weighted by atomic mass is 16.3. The Morgan fingerprint density at radius 3 is 2.04 bits per heavy atom. The molecule has 3 heterocycles. The second kappa shape index (κ2) is 33.8. The van der Waals surface area contributed by atoms with Gasteiger partial charge in [0, 0.05) is 31.7 Å². The van der Waals surface area contributed by atoms with Crippen LogP contribution in [-0.4, -0.2) is 186 Å². The zero-order valence-corrected chi connectivity index (χ0v) is 46.4. The van der Waals surface area contributed by atoms with Crippen molar-refractivity contribution in [2.24, 2.45) is 50.3 Å². The molecule has 2 saturated heterocycles. The van der Waals surface area contributed by atoms with E-state index in [1.165, 1.54) is 15.9 Å². The van der Waals surface area contributed by atoms with Gasteiger partial charge in [-0.2, -0.15) is 0 Å². The monoisotopic (exact) mass is 1140 g/mol. The summed E-state index contributed by atoms with van der Waals surface area (Å²) in [5, 5.41) is 29.1. The third kappa shape index (κ3) is 21.4. The molecule has 1 aromatic rings. The molecule has 0 spiro atoms. The van der Waals surface area contributed by atoms with Gasteiger partial charge in [-0.05, 0) is 102 Å². The molecular weight excluding hydrogens is 1050 g/mol. The Balaban J connectivity index is 1.57. The quantitative estimate of drug-likeness (QED) is 0.0138. The maximum Gasteiger partial charge on any atom is 0.245 e. The molecule has 1 aromatic carbocycles. The van der Waals surface area contributed by atoms with Gasteiger partial charge in [-0.25, -0.2) is 0 Å². The number of Topliss-reactive ketones (excluding diaryl/α,β-unsaturated/α-hetero) is 1. The number of likely N-dealkylation sites (tertiary alicyclic amines) is 1. The highest BCUT2D eigenvalue weighted by Gasteiger charge is 2.40. The number of amides is 9. The van der Waals surface area contributed by atoms with Crippen molar-refractivity contribution in [3.63, 3.8) is 0 Å². The number of nitrogens with zero attached hydrogens (tertiary/aromatic N) is 4. The number of ketones is 1. The average molecular weight is 1140 g/mol. The summed E-state index contributed by atoms with van der Waals surface area (Å²) in [5.74, 6) is -7.47. The fourth-order valence-electron chi connectivity index (χ4n) is 9.67. The number of benzene rings is 1. The van der Waals surface area contributed by atoms with E-state index in [2.05, 4.69) is 47.2 Å². The number of guanidine groups is 2. The first-order valence-corrected chi connectivity index (χ1v) is 27.8. The number of hydrogen-bond acceptors (Lipinski definition) is 15. The number of nitrogens with one attached hydrogen (secondary N) is 7. The van der Waals surface area contributed by atoms with Crippen LogP contribution < -0.4 is 71.6 Å². The van der Waals surface area contributed by atoms with Crippen LogP contribution >= 0.6 is 0 Å². The van der Waals surface area contributed by atoms with Gasteiger partial charge >= 0.3 is 0 Å². The van der Waals surface area contributed by atoms with Gasteiger partial charge in [-0.3, -0.25) is 57.9 Å². The van der Waals surface area contributed by atoms with Crippen molar-refractivity contribution in [2.75, 3.05) is 45.9 Å². The third-order valence-corrected chi connectivity index (χ3v) is 14.0. The number of carbonyl (C=O) groups excluding carboxylic acids is 10. The maximum absolute atomic E-state index is 14.3. The minimum atomic E-state index is -1.71. The number of aliphatic hydroxyl groups excluding tert-OH is 1. The van der Waals surface area contributed by atoms with Crippen LogP contribution in [0.5, 0.6) is 0 Å². The normalized spacial score (nSPS) is 21.8. The second-order valence-corrected chi connectivity index (χ2v) is 20.8. The molecule has 3 aliphatic heterocycles. The molecule has 9 amide bonds. The van der Waals surface area contributed by atoms with Crippen molar-refractivity contribution in [3.05, 3.63) is 48.0 Å². The van der Waals surface area contributed by atoms with E-state index in [4.69, 9.17) is 34.4 Å². The highest BCUT2D eigenvalue weighted by molar-refractivity contribution is 6.03. The summed E-state index contributed by atoms with van der Waals surface area (Å²) in [6, 6.07) is -2.71. The van der Waals surface area contributed by atoms with Crippen LogP contribution in [0.1, 0.15) is 114 Å². The van der Waals surface area contributed by atoms with E-state index >= 15 is 0 Å². The summed E-state index contributed by atoms with van der Waals surface area (Å²) >= 11 is 0. The van der Waals surface area contributed by atoms with E-state index in [-0.39, 0.29) is 102 Å². The molecule has 0 saturated carbocycles. The number of nitrogens with two attached hydrogens (primary N) is 6. The first-order chi connectivity index (χ1) is 38.6. The minimum absolute atomic E-state index is 0.0136. The van der Waals surface area contributed by atoms with E-state index in [0.29, 0.717) is 44.1 Å². The van der Waals surface area contributed by atoms with Gasteiger partial charge in [0.05, 0.1) is 25.2 Å². The van der Waals surface area contributed by atoms with Crippen LogP contribution in [0.25, 0.3) is 0 Å². The first kappa shape index (κ1) is 65.8. The molecule has 0 radical (unpaired) electrons. The van der Waals surface area contributed by atoms with E-state index in [9.17, 15) is 53.1 Å². The summed E-state index contributed by atoms with van der Waals surface area (Å²) < 4.78 is 0. The van der Waals surface area contributed by atoms with Crippen molar-refractivity contribution in [1.82, 2.24) is 47.0 Å². The number of hydrogen-bond donors (Lipinski definition) is 14. The van der Waals surface area contributed by atoms with Gasteiger partial charge in [-0.1, -0.05) is 56.3 Å². The first-order valence-electron chi connectivity index (χ1n) is 27.8. The predicted octanol–water partition coefficient (Wildman–Crippen LogP) is -4.17. The maximum atomic E-state index is 14.3. The van der Waals surface area contributed by atoms with Gasteiger partial charge in [0.2, 0.25) is 53.2 Å². The lowest BCUT2D eigenvalue weighted by Crippen LogP contribution is -2.60. The molecule has 0 aliphatic carbocycles. The van der Waals surface area contributed by atoms with Crippen LogP contribution in [0.15, 0.2) is 52.5 Å². The van der Waals surface area contributed by atoms with Crippen LogP contribution in [-0.2, 0) is 43.2 Å². The SMILES string of the molecule is CC(C)C[C@H](NC(=O)[C@H](CCCN=C(N)N)NC(=O)[C@@H]1CCCN1C(=O)[C@@H](N)CCCN=C(N)N)C(=O)N[C@@H](CO)C(=O)N[C@@H]1C/C=C/CC(C(=O)c2ccccc2)NC(=O)[C@@H]2CCCN2C(=O)CNC(=O)C(CCCCN)NC1=O. The smallest absolute Gasteiger partial charge is 0.245 e. The van der Waals surface area contributed by atoms with Gasteiger partial charge in [0.15, 0.2) is 17.7 Å². The standard InChI is InChI=1S/C53H85N17O11/c1-31(2)28-38(67-46(76)37(20-11-25-61-53(58)59)66-50(80)41-22-13-27-70(41)51(81)33(55)16-10-24-60-52(56)57)47(77)68-39(30-71)48(78)65-36-18-7-6-17-34(43(73)32-14-4-3-5-15-32)63-49(79)40-21-12-26-69(40)42(72)29-62-44(74)35(64-45(36)75)19-8-9-23-54/h3-7,14-15,31,33-41,71H,8-13,16-30,54-55H2,1-2H3,(H,62,74)(H,63,79)(H,64,75)(H,65,78)(H,66,80)(H,67,76)(H,68,77)(H4,56,57,60)(H4,58,59,61)/b7-6+/t33-,34?,35?,36+,37-,38-,39-,40-,41-/m0/s1. The summed E-state index contributed by atoms with van der Waals surface area (Å²) in [6.07, 6.45) is 6.14. The van der Waals surface area contributed by atoms with Crippen LogP contribution in [0, 0.1) is 5.92 Å². The highest BCUT2D eigenvalue weighted by Crippen LogP contribution is 2.21. The average Bonchev–Trinajstić information content (AvgIpc) is 4.19. The fourth-order valence-corrected chi connectivity index (χ4v) is 9.67. The molecular formula is C53H85N17O11. The minimum Gasteiger partial charge on any atom is -0.394 e. The van der Waals surface area contributed by atoms with Gasteiger partial charge < -0.3 is 86.5 Å². The zero-order valence-electron chi connectivity index (χ0n) is 46.4. The molecule has 3 aliphatic rings. The van der Waals surface area contributed by atoms with Crippen molar-refractivity contribution >= 4 is 70.9 Å². The van der Waals surface area contributed by atoms with Crippen LogP contribution in [0.3, 0.4) is 0 Å². The predicted molar refractivity (Wildman–Crippen MR) is 300 cm³/mol. The zero-order chi connectivity index (χ0) is 59.6. The van der Waals surface area contributed by atoms with Crippen molar-refractivity contribution in [1.29, 1.82) is 0 Å². The molecule has 81 heavy (non-hydrogen) atoms. The van der Waals surface area contributed by atoms with Crippen LogP contribution in [0.2, 0.25) is 0 Å². The Bertz CT molecular complexity index is 2420. The van der Waals surface area contributed by atoms with E-state index in [1.54, 1.807) is 50.3 Å². The van der Waals surface area contributed by atoms with E-state index < -0.39 is 126 Å². The second-order valence-electron chi connectivity index (χ2n) is 20.8. The molecule has 28 nitrogen and oxygen atoms in total. The molecule has 9 atom stereocenters. The largest absolute Gasteiger partial charge is 0.394 e. The Labute approximate surface area is 471 Å². The number of aliphatic hydroxyl groups is 1. The number of fused-ring (bicyclic) bond motifs is 1. The van der Waals surface area contributed by atoms with Crippen LogP contribution in [0.4, 0.5) is 0 Å². The Morgan fingerprint density at radius 2 is 1.38 bits per heavy atom. The molecule has 2 unspecified atom stereocenters. The Morgan fingerprint density at radius 1 is 0.741 bits per heavy atom. The van der Waals surface area contributed by atoms with Crippen molar-refractivity contribution in [3.8, 4) is 0 Å². The lowest BCUT2D eigenvalue weighted by molar-refractivity contribution is -0.140. The topological polar surface area (TPSA) is 462 Å². The molecule has 2 fully saturated rings. The molecule has 0 aromatic heterocycles. The van der Waals surface area contributed by atoms with Gasteiger partial charge in [0.1, 0.15) is 42.3 Å². The summed E-state index contributed by atoms with van der Waals surface area (Å²) in [6.45, 7) is 3.16. The number of rotatable bonds is 26. The number of aliphatic imine (C=N–C) groups is 2. The third-order valence-electron chi connectivity index (χ3n) is 14.0. The fraction of sp³-hybridized carbons (Fsp3) is 0.623. The lowest BCUT2D eigenvalue weighted by Gasteiger charge is -2.29. The molecule has 448 valence electrons. The Hall–Kier alpha value is -7.72. The van der Waals surface area contributed by atoms with Crippen molar-refractivity contribution in [2.45, 2.75) is 158 Å². The van der Waals surface area contributed by atoms with Gasteiger partial charge in [-0.15, -0.1) is 0 Å². The summed E-state index contributed by atoms with van der Waals surface area (Å²) in [5.41, 5.74) is 34.1. The van der Waals surface area contributed by atoms with E-state index in [1.807, 2.05) is 0 Å². The Kier molecular flexibility index (Phi) is 27.4. The molecule has 0 bridgehead atoms. The lowest BCUT2D eigenvalue weighted by atomic mass is 10.00. The summed E-state index contributed by atoms with van der Waals surface area (Å²) in [7, 11) is 0. The number of unbranched alkanes of at least 4 members (excludes halogenated alkanes) is 1. The molecule has 20 N–H and O–H groups in total.